The normalized spacial score (nSPS) is 12.5. The van der Waals surface area contributed by atoms with E-state index < -0.39 is 0 Å². The van der Waals surface area contributed by atoms with Gasteiger partial charge in [0.1, 0.15) is 0 Å². The van der Waals surface area contributed by atoms with Crippen molar-refractivity contribution < 1.29 is 9.90 Å². The van der Waals surface area contributed by atoms with E-state index in [2.05, 4.69) is 5.32 Å². The minimum atomic E-state index is 0.145. The molecule has 1 amide bonds. The molecule has 0 fully saturated rings. The highest BCUT2D eigenvalue weighted by atomic mass is 16.3. The molecule has 15 heavy (non-hydrogen) atoms. The maximum atomic E-state index is 11.8. The molecule has 1 unspecified atom stereocenters. The van der Waals surface area contributed by atoms with Gasteiger partial charge in [-0.2, -0.15) is 0 Å². The van der Waals surface area contributed by atoms with Gasteiger partial charge in [0.15, 0.2) is 0 Å². The van der Waals surface area contributed by atoms with Crippen LogP contribution in [0.3, 0.4) is 0 Å². The van der Waals surface area contributed by atoms with Gasteiger partial charge in [-0.25, -0.2) is 0 Å². The molecule has 0 rings (SSSR count). The molecule has 0 aromatic rings. The molecule has 1 atom stereocenters. The van der Waals surface area contributed by atoms with E-state index in [1.165, 1.54) is 0 Å². The molecule has 0 radical (unpaired) electrons. The first-order valence-electron chi connectivity index (χ1n) is 5.77. The zero-order chi connectivity index (χ0) is 11.7. The van der Waals surface area contributed by atoms with Crippen LogP contribution in [-0.2, 0) is 4.79 Å². The van der Waals surface area contributed by atoms with Crippen molar-refractivity contribution >= 4 is 5.91 Å². The van der Waals surface area contributed by atoms with Crippen LogP contribution in [0.15, 0.2) is 0 Å². The second-order valence-electron chi connectivity index (χ2n) is 3.71. The SMILES string of the molecule is CCNC(C)CC(=O)N(CC)CCCO. The average Bonchev–Trinajstić information content (AvgIpc) is 2.19. The highest BCUT2D eigenvalue weighted by Gasteiger charge is 2.13. The Morgan fingerprint density at radius 1 is 1.47 bits per heavy atom. The summed E-state index contributed by atoms with van der Waals surface area (Å²) in [6, 6.07) is 0.227. The number of rotatable bonds is 8. The lowest BCUT2D eigenvalue weighted by Gasteiger charge is -2.22. The van der Waals surface area contributed by atoms with Crippen molar-refractivity contribution in [3.8, 4) is 0 Å². The van der Waals surface area contributed by atoms with Gasteiger partial charge in [-0.15, -0.1) is 0 Å². The van der Waals surface area contributed by atoms with Gasteiger partial charge in [0, 0.05) is 32.2 Å². The fourth-order valence-electron chi connectivity index (χ4n) is 1.53. The zero-order valence-electron chi connectivity index (χ0n) is 10.1. The Kier molecular flexibility index (Phi) is 8.33. The number of carbonyl (C=O) groups excluding carboxylic acids is 1. The van der Waals surface area contributed by atoms with Crippen LogP contribution >= 0.6 is 0 Å². The summed E-state index contributed by atoms with van der Waals surface area (Å²) in [6.45, 7) is 8.42. The number of nitrogens with one attached hydrogen (secondary N) is 1. The van der Waals surface area contributed by atoms with Crippen LogP contribution < -0.4 is 5.32 Å². The quantitative estimate of drug-likeness (QED) is 0.625. The number of nitrogens with zero attached hydrogens (tertiary/aromatic N) is 1. The van der Waals surface area contributed by atoms with Crippen molar-refractivity contribution in [3.05, 3.63) is 0 Å². The first kappa shape index (κ1) is 14.4. The summed E-state index contributed by atoms with van der Waals surface area (Å²) < 4.78 is 0. The summed E-state index contributed by atoms with van der Waals surface area (Å²) in [7, 11) is 0. The largest absolute Gasteiger partial charge is 0.396 e. The molecule has 0 aliphatic carbocycles. The van der Waals surface area contributed by atoms with E-state index in [-0.39, 0.29) is 18.6 Å². The molecule has 2 N–H and O–H groups in total. The summed E-state index contributed by atoms with van der Waals surface area (Å²) in [6.07, 6.45) is 1.20. The number of hydrogen-bond acceptors (Lipinski definition) is 3. The second-order valence-corrected chi connectivity index (χ2v) is 3.71. The fraction of sp³-hybridized carbons (Fsp3) is 0.909. The molecule has 0 aliphatic heterocycles. The topological polar surface area (TPSA) is 52.6 Å². The van der Waals surface area contributed by atoms with E-state index in [4.69, 9.17) is 5.11 Å². The van der Waals surface area contributed by atoms with Gasteiger partial charge in [0.05, 0.1) is 0 Å². The molecule has 0 heterocycles. The molecule has 0 aliphatic rings. The smallest absolute Gasteiger partial charge is 0.224 e. The molecule has 4 nitrogen and oxygen atoms in total. The lowest BCUT2D eigenvalue weighted by molar-refractivity contribution is -0.131. The van der Waals surface area contributed by atoms with Crippen LogP contribution in [0, 0.1) is 0 Å². The highest BCUT2D eigenvalue weighted by Crippen LogP contribution is 1.99. The summed E-state index contributed by atoms with van der Waals surface area (Å²) in [5, 5.41) is 11.9. The Labute approximate surface area is 92.7 Å². The molecule has 4 heteroatoms. The number of aliphatic hydroxyl groups is 1. The van der Waals surface area contributed by atoms with E-state index >= 15 is 0 Å². The number of aliphatic hydroxyl groups excluding tert-OH is 1. The van der Waals surface area contributed by atoms with Crippen molar-refractivity contribution in [2.45, 2.75) is 39.7 Å². The maximum Gasteiger partial charge on any atom is 0.224 e. The van der Waals surface area contributed by atoms with E-state index in [1.54, 1.807) is 4.90 Å². The maximum absolute atomic E-state index is 11.8. The van der Waals surface area contributed by atoms with Crippen molar-refractivity contribution in [2.24, 2.45) is 0 Å². The number of amides is 1. The average molecular weight is 216 g/mol. The van der Waals surface area contributed by atoms with Crippen molar-refractivity contribution in [1.82, 2.24) is 10.2 Å². The Morgan fingerprint density at radius 3 is 2.60 bits per heavy atom. The molecule has 0 saturated heterocycles. The highest BCUT2D eigenvalue weighted by molar-refractivity contribution is 5.76. The van der Waals surface area contributed by atoms with E-state index in [9.17, 15) is 4.79 Å². The minimum Gasteiger partial charge on any atom is -0.396 e. The third-order valence-corrected chi connectivity index (χ3v) is 2.35. The first-order chi connectivity index (χ1) is 7.15. The van der Waals surface area contributed by atoms with Crippen molar-refractivity contribution in [2.75, 3.05) is 26.2 Å². The fourth-order valence-corrected chi connectivity index (χ4v) is 1.53. The van der Waals surface area contributed by atoms with Gasteiger partial charge in [0.2, 0.25) is 5.91 Å². The van der Waals surface area contributed by atoms with Crippen LogP contribution in [0.1, 0.15) is 33.6 Å². The molecular formula is C11H24N2O2. The monoisotopic (exact) mass is 216 g/mol. The molecule has 0 bridgehead atoms. The molecule has 0 spiro atoms. The lowest BCUT2D eigenvalue weighted by atomic mass is 10.2. The van der Waals surface area contributed by atoms with E-state index in [0.29, 0.717) is 19.4 Å². The number of carbonyl (C=O) groups is 1. The van der Waals surface area contributed by atoms with Crippen LogP contribution in [0.5, 0.6) is 0 Å². The first-order valence-corrected chi connectivity index (χ1v) is 5.77. The zero-order valence-corrected chi connectivity index (χ0v) is 10.1. The van der Waals surface area contributed by atoms with Gasteiger partial charge >= 0.3 is 0 Å². The second kappa shape index (κ2) is 8.68. The Hall–Kier alpha value is -0.610. The van der Waals surface area contributed by atoms with Gasteiger partial charge < -0.3 is 15.3 Å². The van der Waals surface area contributed by atoms with Gasteiger partial charge in [-0.1, -0.05) is 6.92 Å². The standard InChI is InChI=1S/C11H24N2O2/c1-4-12-10(3)9-11(15)13(5-2)7-6-8-14/h10,12,14H,4-9H2,1-3H3. The Balaban J connectivity index is 3.91. The predicted octanol–water partition coefficient (Wildman–Crippen LogP) is 0.605. The van der Waals surface area contributed by atoms with Crippen LogP contribution in [0.2, 0.25) is 0 Å². The minimum absolute atomic E-state index is 0.145. The summed E-state index contributed by atoms with van der Waals surface area (Å²) in [4.78, 5) is 13.6. The predicted molar refractivity (Wildman–Crippen MR) is 61.7 cm³/mol. The van der Waals surface area contributed by atoms with Crippen LogP contribution in [0.4, 0.5) is 0 Å². The molecule has 90 valence electrons. The summed E-state index contributed by atoms with van der Waals surface area (Å²) in [5.41, 5.74) is 0. The van der Waals surface area contributed by atoms with Gasteiger partial charge in [0.25, 0.3) is 0 Å². The Morgan fingerprint density at radius 2 is 2.13 bits per heavy atom. The summed E-state index contributed by atoms with van der Waals surface area (Å²) in [5.74, 6) is 0.166. The molecule has 0 aromatic carbocycles. The van der Waals surface area contributed by atoms with Crippen molar-refractivity contribution in [3.63, 3.8) is 0 Å². The molecule has 0 aromatic heterocycles. The molecule has 0 saturated carbocycles. The third-order valence-electron chi connectivity index (χ3n) is 2.35. The van der Waals surface area contributed by atoms with Crippen molar-refractivity contribution in [1.29, 1.82) is 0 Å². The van der Waals surface area contributed by atoms with Gasteiger partial charge in [-0.05, 0) is 26.8 Å². The Bertz CT molecular complexity index is 174. The molecular weight excluding hydrogens is 192 g/mol. The van der Waals surface area contributed by atoms with E-state index in [1.807, 2.05) is 20.8 Å². The lowest BCUT2D eigenvalue weighted by Crippen LogP contribution is -2.37. The number of hydrogen-bond donors (Lipinski definition) is 2. The summed E-state index contributed by atoms with van der Waals surface area (Å²) >= 11 is 0. The third kappa shape index (κ3) is 6.47. The van der Waals surface area contributed by atoms with Crippen LogP contribution in [-0.4, -0.2) is 48.2 Å². The van der Waals surface area contributed by atoms with Crippen LogP contribution in [0.25, 0.3) is 0 Å². The van der Waals surface area contributed by atoms with E-state index in [0.717, 1.165) is 13.1 Å². The van der Waals surface area contributed by atoms with Gasteiger partial charge in [-0.3, -0.25) is 4.79 Å².